The van der Waals surface area contributed by atoms with Crippen LogP contribution < -0.4 is 15.1 Å². The van der Waals surface area contributed by atoms with Gasteiger partial charge in [0.15, 0.2) is 0 Å². The van der Waals surface area contributed by atoms with Gasteiger partial charge in [0.05, 0.1) is 11.4 Å². The van der Waals surface area contributed by atoms with E-state index < -0.39 is 0 Å². The van der Waals surface area contributed by atoms with Gasteiger partial charge in [-0.05, 0) is 25.5 Å². The Morgan fingerprint density at radius 3 is 2.67 bits per heavy atom. The summed E-state index contributed by atoms with van der Waals surface area (Å²) in [6, 6.07) is 8.25. The van der Waals surface area contributed by atoms with Crippen molar-refractivity contribution in [1.82, 2.24) is 5.32 Å². The third kappa shape index (κ3) is 2.42. The molecule has 0 fully saturated rings. The SMILES string of the molecule is CCC(C)NC(=O)N1CCN(C)c2ccccc21. The van der Waals surface area contributed by atoms with E-state index in [4.69, 9.17) is 0 Å². The number of para-hydroxylation sites is 2. The maximum Gasteiger partial charge on any atom is 0.322 e. The van der Waals surface area contributed by atoms with E-state index in [9.17, 15) is 4.79 Å². The van der Waals surface area contributed by atoms with Crippen LogP contribution in [0.1, 0.15) is 20.3 Å². The number of carbonyl (C=O) groups excluding carboxylic acids is 1. The molecule has 2 rings (SSSR count). The van der Waals surface area contributed by atoms with Gasteiger partial charge in [-0.25, -0.2) is 4.79 Å². The van der Waals surface area contributed by atoms with Crippen LogP contribution in [0.2, 0.25) is 0 Å². The van der Waals surface area contributed by atoms with Crippen molar-refractivity contribution in [1.29, 1.82) is 0 Å². The summed E-state index contributed by atoms with van der Waals surface area (Å²) in [4.78, 5) is 16.3. The van der Waals surface area contributed by atoms with Gasteiger partial charge in [0.25, 0.3) is 0 Å². The standard InChI is InChI=1S/C14H21N3O/c1-4-11(2)15-14(18)17-10-9-16(3)12-7-5-6-8-13(12)17/h5-8,11H,4,9-10H2,1-3H3,(H,15,18). The minimum Gasteiger partial charge on any atom is -0.371 e. The third-order valence-electron chi connectivity index (χ3n) is 3.47. The molecule has 0 radical (unpaired) electrons. The van der Waals surface area contributed by atoms with Crippen molar-refractivity contribution in [3.8, 4) is 0 Å². The minimum absolute atomic E-state index is 0.00454. The van der Waals surface area contributed by atoms with Crippen molar-refractivity contribution in [2.24, 2.45) is 0 Å². The second-order valence-electron chi connectivity index (χ2n) is 4.82. The van der Waals surface area contributed by atoms with Gasteiger partial charge in [-0.1, -0.05) is 19.1 Å². The molecule has 0 saturated carbocycles. The highest BCUT2D eigenvalue weighted by atomic mass is 16.2. The van der Waals surface area contributed by atoms with Gasteiger partial charge in [0.1, 0.15) is 0 Å². The Kier molecular flexibility index (Phi) is 3.75. The molecule has 1 N–H and O–H groups in total. The molecular formula is C14H21N3O. The highest BCUT2D eigenvalue weighted by molar-refractivity contribution is 5.96. The van der Waals surface area contributed by atoms with Crippen molar-refractivity contribution in [3.63, 3.8) is 0 Å². The average Bonchev–Trinajstić information content (AvgIpc) is 2.39. The van der Waals surface area contributed by atoms with E-state index in [0.29, 0.717) is 0 Å². The van der Waals surface area contributed by atoms with Crippen LogP contribution in [0.4, 0.5) is 16.2 Å². The predicted molar refractivity (Wildman–Crippen MR) is 75.3 cm³/mol. The van der Waals surface area contributed by atoms with Crippen LogP contribution in [0.25, 0.3) is 0 Å². The first-order valence-corrected chi connectivity index (χ1v) is 6.51. The highest BCUT2D eigenvalue weighted by Gasteiger charge is 2.25. The first kappa shape index (κ1) is 12.7. The fourth-order valence-corrected chi connectivity index (χ4v) is 2.11. The molecule has 0 aliphatic carbocycles. The van der Waals surface area contributed by atoms with E-state index in [2.05, 4.69) is 30.3 Å². The molecule has 1 aliphatic rings. The van der Waals surface area contributed by atoms with Crippen molar-refractivity contribution in [2.75, 3.05) is 29.9 Å². The summed E-state index contributed by atoms with van der Waals surface area (Å²) in [7, 11) is 2.06. The van der Waals surface area contributed by atoms with Crippen LogP contribution in [0.5, 0.6) is 0 Å². The molecule has 1 heterocycles. The average molecular weight is 247 g/mol. The number of carbonyl (C=O) groups is 1. The van der Waals surface area contributed by atoms with E-state index in [1.807, 2.05) is 30.0 Å². The second-order valence-corrected chi connectivity index (χ2v) is 4.82. The topological polar surface area (TPSA) is 35.6 Å². The summed E-state index contributed by atoms with van der Waals surface area (Å²) in [6.07, 6.45) is 0.946. The number of fused-ring (bicyclic) bond motifs is 1. The van der Waals surface area contributed by atoms with Crippen LogP contribution in [-0.4, -0.2) is 32.2 Å². The van der Waals surface area contributed by atoms with Gasteiger partial charge < -0.3 is 10.2 Å². The summed E-state index contributed by atoms with van der Waals surface area (Å²) in [5.74, 6) is 0. The smallest absolute Gasteiger partial charge is 0.322 e. The Bertz CT molecular complexity index is 433. The van der Waals surface area contributed by atoms with Gasteiger partial charge in [0.2, 0.25) is 0 Å². The van der Waals surface area contributed by atoms with Crippen molar-refractivity contribution >= 4 is 17.4 Å². The summed E-state index contributed by atoms with van der Waals surface area (Å²) >= 11 is 0. The molecule has 1 unspecified atom stereocenters. The Labute approximate surface area is 109 Å². The Morgan fingerprint density at radius 2 is 2.00 bits per heavy atom. The maximum absolute atomic E-state index is 12.2. The minimum atomic E-state index is 0.00454. The van der Waals surface area contributed by atoms with Gasteiger partial charge in [-0.2, -0.15) is 0 Å². The lowest BCUT2D eigenvalue weighted by Gasteiger charge is -2.36. The molecule has 0 spiro atoms. The number of urea groups is 1. The van der Waals surface area contributed by atoms with E-state index in [1.165, 1.54) is 0 Å². The van der Waals surface area contributed by atoms with Crippen LogP contribution in [0.15, 0.2) is 24.3 Å². The van der Waals surface area contributed by atoms with Crippen molar-refractivity contribution in [3.05, 3.63) is 24.3 Å². The summed E-state index contributed by atoms with van der Waals surface area (Å²) in [5, 5.41) is 3.02. The second kappa shape index (κ2) is 5.29. The molecule has 0 aromatic heterocycles. The van der Waals surface area contributed by atoms with Gasteiger partial charge in [-0.15, -0.1) is 0 Å². The first-order chi connectivity index (χ1) is 8.63. The van der Waals surface area contributed by atoms with E-state index in [1.54, 1.807) is 0 Å². The molecule has 0 bridgehead atoms. The molecule has 18 heavy (non-hydrogen) atoms. The summed E-state index contributed by atoms with van der Waals surface area (Å²) in [6.45, 7) is 5.70. The lowest BCUT2D eigenvalue weighted by molar-refractivity contribution is 0.243. The summed E-state index contributed by atoms with van der Waals surface area (Å²) < 4.78 is 0. The number of nitrogens with one attached hydrogen (secondary N) is 1. The number of likely N-dealkylation sites (N-methyl/N-ethyl adjacent to an activating group) is 1. The van der Waals surface area contributed by atoms with E-state index >= 15 is 0 Å². The number of anilines is 2. The van der Waals surface area contributed by atoms with Crippen LogP contribution in [0, 0.1) is 0 Å². The zero-order valence-electron chi connectivity index (χ0n) is 11.3. The lowest BCUT2D eigenvalue weighted by atomic mass is 10.2. The number of benzene rings is 1. The van der Waals surface area contributed by atoms with Crippen LogP contribution >= 0.6 is 0 Å². The molecule has 1 aromatic carbocycles. The number of hydrogen-bond donors (Lipinski definition) is 1. The normalized spacial score (nSPS) is 16.2. The highest BCUT2D eigenvalue weighted by Crippen LogP contribution is 2.31. The molecule has 4 heteroatoms. The fourth-order valence-electron chi connectivity index (χ4n) is 2.11. The van der Waals surface area contributed by atoms with Crippen molar-refractivity contribution in [2.45, 2.75) is 26.3 Å². The number of hydrogen-bond acceptors (Lipinski definition) is 2. The molecule has 0 saturated heterocycles. The predicted octanol–water partition coefficient (Wildman–Crippen LogP) is 2.45. The Morgan fingerprint density at radius 1 is 1.33 bits per heavy atom. The maximum atomic E-state index is 12.2. The fraction of sp³-hybridized carbons (Fsp3) is 0.500. The van der Waals surface area contributed by atoms with E-state index in [0.717, 1.165) is 30.9 Å². The summed E-state index contributed by atoms with van der Waals surface area (Å²) in [5.41, 5.74) is 2.11. The van der Waals surface area contributed by atoms with Crippen LogP contribution in [-0.2, 0) is 0 Å². The number of rotatable bonds is 2. The quantitative estimate of drug-likeness (QED) is 0.871. The molecule has 98 valence electrons. The van der Waals surface area contributed by atoms with Crippen LogP contribution in [0.3, 0.4) is 0 Å². The van der Waals surface area contributed by atoms with Gasteiger partial charge in [0, 0.05) is 26.2 Å². The molecule has 1 aliphatic heterocycles. The lowest BCUT2D eigenvalue weighted by Crippen LogP contribution is -2.49. The Hall–Kier alpha value is -1.71. The molecule has 1 aromatic rings. The first-order valence-electron chi connectivity index (χ1n) is 6.51. The molecule has 2 amide bonds. The molecular weight excluding hydrogens is 226 g/mol. The zero-order valence-corrected chi connectivity index (χ0v) is 11.3. The number of nitrogens with zero attached hydrogens (tertiary/aromatic N) is 2. The van der Waals surface area contributed by atoms with Gasteiger partial charge >= 0.3 is 6.03 Å². The van der Waals surface area contributed by atoms with Gasteiger partial charge in [-0.3, -0.25) is 4.90 Å². The molecule has 4 nitrogen and oxygen atoms in total. The van der Waals surface area contributed by atoms with Crippen molar-refractivity contribution < 1.29 is 4.79 Å². The number of amides is 2. The van der Waals surface area contributed by atoms with E-state index in [-0.39, 0.29) is 12.1 Å². The molecule has 1 atom stereocenters. The Balaban J connectivity index is 2.21. The monoisotopic (exact) mass is 247 g/mol. The largest absolute Gasteiger partial charge is 0.371 e. The zero-order chi connectivity index (χ0) is 13.1. The third-order valence-corrected chi connectivity index (χ3v) is 3.47.